The topological polar surface area (TPSA) is 70.1 Å². The van der Waals surface area contributed by atoms with Gasteiger partial charge < -0.3 is 19.6 Å². The molecule has 0 unspecified atom stereocenters. The highest BCUT2D eigenvalue weighted by atomic mass is 16.5. The molecule has 2 amide bonds. The van der Waals surface area contributed by atoms with Crippen LogP contribution in [0.3, 0.4) is 0 Å². The van der Waals surface area contributed by atoms with Gasteiger partial charge in [-0.05, 0) is 41.8 Å². The van der Waals surface area contributed by atoms with E-state index in [0.717, 1.165) is 16.7 Å². The Hall–Kier alpha value is -3.48. The molecule has 1 aliphatic heterocycles. The number of hydrogen-bond donors (Lipinski definition) is 1. The molecule has 36 heavy (non-hydrogen) atoms. The average Bonchev–Trinajstić information content (AvgIpc) is 2.94. The number of fused-ring (bicyclic) bond motifs is 3. The number of rotatable bonds is 5. The van der Waals surface area contributed by atoms with Gasteiger partial charge >= 0.3 is 0 Å². The molecule has 0 bridgehead atoms. The standard InChI is InChI=1S/C30H34N2O4/c1-21-17-32(22(2)19-33)30(35)27-16-10-9-15-26(27)25-14-8-7-13-24(25)20-36-28(21)18-31(3)29(34)23-11-5-4-6-12-23/h4-16,21-22,28,33H,17-20H2,1-3H3/t21-,22-,28+/m0/s1. The Morgan fingerprint density at radius 2 is 1.61 bits per heavy atom. The first-order chi connectivity index (χ1) is 17.4. The third-order valence-electron chi connectivity index (χ3n) is 6.92. The van der Waals surface area contributed by atoms with Gasteiger partial charge in [-0.15, -0.1) is 0 Å². The van der Waals surface area contributed by atoms with E-state index in [1.54, 1.807) is 29.0 Å². The molecular formula is C30H34N2O4. The molecule has 0 fully saturated rings. The number of nitrogens with zero attached hydrogens (tertiary/aromatic N) is 2. The van der Waals surface area contributed by atoms with Gasteiger partial charge in [-0.25, -0.2) is 0 Å². The van der Waals surface area contributed by atoms with Crippen molar-refractivity contribution in [2.75, 3.05) is 26.7 Å². The van der Waals surface area contributed by atoms with Crippen LogP contribution in [0, 0.1) is 5.92 Å². The van der Waals surface area contributed by atoms with Crippen LogP contribution in [0.5, 0.6) is 0 Å². The normalized spacial score (nSPS) is 19.0. The zero-order valence-electron chi connectivity index (χ0n) is 21.1. The van der Waals surface area contributed by atoms with Crippen molar-refractivity contribution < 1.29 is 19.4 Å². The first kappa shape index (κ1) is 25.6. The van der Waals surface area contributed by atoms with Crippen molar-refractivity contribution in [3.63, 3.8) is 0 Å². The van der Waals surface area contributed by atoms with Crippen molar-refractivity contribution in [1.82, 2.24) is 9.80 Å². The SMILES string of the molecule is C[C@H]1CN([C@@H](C)CO)C(=O)c2ccccc2-c2ccccc2CO[C@@H]1CN(C)C(=O)c1ccccc1. The largest absolute Gasteiger partial charge is 0.394 e. The first-order valence-electron chi connectivity index (χ1n) is 12.4. The lowest BCUT2D eigenvalue weighted by molar-refractivity contribution is -0.0209. The van der Waals surface area contributed by atoms with E-state index in [0.29, 0.717) is 30.8 Å². The molecule has 1 N–H and O–H groups in total. The van der Waals surface area contributed by atoms with Gasteiger partial charge in [-0.1, -0.05) is 67.6 Å². The Bertz CT molecular complexity index is 1200. The third kappa shape index (κ3) is 5.50. The van der Waals surface area contributed by atoms with E-state index in [9.17, 15) is 14.7 Å². The fourth-order valence-electron chi connectivity index (χ4n) is 4.71. The summed E-state index contributed by atoms with van der Waals surface area (Å²) in [4.78, 5) is 30.3. The molecule has 6 nitrogen and oxygen atoms in total. The summed E-state index contributed by atoms with van der Waals surface area (Å²) in [5.74, 6) is -0.292. The highest BCUT2D eigenvalue weighted by Crippen LogP contribution is 2.31. The lowest BCUT2D eigenvalue weighted by Gasteiger charge is -2.35. The van der Waals surface area contributed by atoms with Gasteiger partial charge in [0.1, 0.15) is 0 Å². The molecule has 3 atom stereocenters. The summed E-state index contributed by atoms with van der Waals surface area (Å²) < 4.78 is 6.49. The number of benzene rings is 3. The van der Waals surface area contributed by atoms with E-state index >= 15 is 0 Å². The van der Waals surface area contributed by atoms with Crippen LogP contribution in [0.4, 0.5) is 0 Å². The van der Waals surface area contributed by atoms with E-state index < -0.39 is 0 Å². The molecular weight excluding hydrogens is 452 g/mol. The van der Waals surface area contributed by atoms with Crippen molar-refractivity contribution in [3.8, 4) is 11.1 Å². The molecule has 0 spiro atoms. The molecule has 0 saturated heterocycles. The average molecular weight is 487 g/mol. The van der Waals surface area contributed by atoms with Crippen LogP contribution >= 0.6 is 0 Å². The summed E-state index contributed by atoms with van der Waals surface area (Å²) in [7, 11) is 1.78. The minimum absolute atomic E-state index is 0.0785. The predicted molar refractivity (Wildman–Crippen MR) is 141 cm³/mol. The number of aliphatic hydroxyl groups excluding tert-OH is 1. The second-order valence-electron chi connectivity index (χ2n) is 9.57. The monoisotopic (exact) mass is 486 g/mol. The Morgan fingerprint density at radius 1 is 1.00 bits per heavy atom. The molecule has 188 valence electrons. The lowest BCUT2D eigenvalue weighted by Crippen LogP contribution is -2.47. The molecule has 3 aromatic carbocycles. The summed E-state index contributed by atoms with van der Waals surface area (Å²) in [5, 5.41) is 9.97. The van der Waals surface area contributed by atoms with Crippen LogP contribution in [-0.4, -0.2) is 65.6 Å². The van der Waals surface area contributed by atoms with E-state index in [2.05, 4.69) is 0 Å². The predicted octanol–water partition coefficient (Wildman–Crippen LogP) is 4.48. The quantitative estimate of drug-likeness (QED) is 0.577. The van der Waals surface area contributed by atoms with Crippen molar-refractivity contribution in [1.29, 1.82) is 0 Å². The number of amides is 2. The second kappa shape index (κ2) is 11.5. The number of ether oxygens (including phenoxy) is 1. The van der Waals surface area contributed by atoms with Gasteiger partial charge in [0.25, 0.3) is 11.8 Å². The van der Waals surface area contributed by atoms with Crippen LogP contribution in [0.2, 0.25) is 0 Å². The third-order valence-corrected chi connectivity index (χ3v) is 6.92. The van der Waals surface area contributed by atoms with Crippen molar-refractivity contribution in [2.45, 2.75) is 32.6 Å². The van der Waals surface area contributed by atoms with Crippen LogP contribution < -0.4 is 0 Å². The number of aliphatic hydroxyl groups is 1. The van der Waals surface area contributed by atoms with E-state index in [4.69, 9.17) is 4.74 Å². The molecule has 1 heterocycles. The highest BCUT2D eigenvalue weighted by molar-refractivity contribution is 6.01. The number of carbonyl (C=O) groups is 2. The van der Waals surface area contributed by atoms with E-state index in [1.807, 2.05) is 80.6 Å². The van der Waals surface area contributed by atoms with Gasteiger partial charge in [-0.3, -0.25) is 9.59 Å². The smallest absolute Gasteiger partial charge is 0.254 e. The summed E-state index contributed by atoms with van der Waals surface area (Å²) in [6.45, 7) is 4.86. The maximum Gasteiger partial charge on any atom is 0.254 e. The van der Waals surface area contributed by atoms with Gasteiger partial charge in [0.2, 0.25) is 0 Å². The maximum absolute atomic E-state index is 13.9. The summed E-state index contributed by atoms with van der Waals surface area (Å²) >= 11 is 0. The molecule has 4 rings (SSSR count). The Balaban J connectivity index is 1.71. The number of carbonyl (C=O) groups excluding carboxylic acids is 2. The Morgan fingerprint density at radius 3 is 2.31 bits per heavy atom. The van der Waals surface area contributed by atoms with E-state index in [1.165, 1.54) is 0 Å². The minimum atomic E-state index is -0.367. The zero-order chi connectivity index (χ0) is 25.7. The molecule has 0 aliphatic carbocycles. The second-order valence-corrected chi connectivity index (χ2v) is 9.57. The molecule has 0 radical (unpaired) electrons. The lowest BCUT2D eigenvalue weighted by atomic mass is 9.94. The fraction of sp³-hybridized carbons (Fsp3) is 0.333. The Kier molecular flexibility index (Phi) is 8.18. The maximum atomic E-state index is 13.9. The summed E-state index contributed by atoms with van der Waals surface area (Å²) in [6, 6.07) is 24.4. The van der Waals surface area contributed by atoms with Gasteiger partial charge in [0, 0.05) is 37.2 Å². The molecule has 6 heteroatoms. The van der Waals surface area contributed by atoms with Gasteiger partial charge in [-0.2, -0.15) is 0 Å². The summed E-state index contributed by atoms with van der Waals surface area (Å²) in [6.07, 6.45) is -0.321. The van der Waals surface area contributed by atoms with Crippen LogP contribution in [0.15, 0.2) is 78.9 Å². The number of hydrogen-bond acceptors (Lipinski definition) is 4. The van der Waals surface area contributed by atoms with Crippen molar-refractivity contribution in [3.05, 3.63) is 95.6 Å². The molecule has 0 saturated carbocycles. The molecule has 0 aromatic heterocycles. The van der Waals surface area contributed by atoms with Gasteiger partial charge in [0.15, 0.2) is 0 Å². The highest BCUT2D eigenvalue weighted by Gasteiger charge is 2.31. The van der Waals surface area contributed by atoms with Crippen molar-refractivity contribution >= 4 is 11.8 Å². The summed E-state index contributed by atoms with van der Waals surface area (Å²) in [5.41, 5.74) is 4.00. The number of likely N-dealkylation sites (N-methyl/N-ethyl adjacent to an activating group) is 1. The van der Waals surface area contributed by atoms with Crippen LogP contribution in [0.25, 0.3) is 11.1 Å². The first-order valence-corrected chi connectivity index (χ1v) is 12.4. The molecule has 1 aliphatic rings. The Labute approximate surface area is 213 Å². The van der Waals surface area contributed by atoms with Gasteiger partial charge in [0.05, 0.1) is 25.4 Å². The van der Waals surface area contributed by atoms with E-state index in [-0.39, 0.29) is 36.5 Å². The fourth-order valence-corrected chi connectivity index (χ4v) is 4.71. The zero-order valence-corrected chi connectivity index (χ0v) is 21.1. The minimum Gasteiger partial charge on any atom is -0.394 e. The molecule has 3 aromatic rings. The van der Waals surface area contributed by atoms with Crippen LogP contribution in [0.1, 0.15) is 40.1 Å². The van der Waals surface area contributed by atoms with Crippen LogP contribution in [-0.2, 0) is 11.3 Å². The van der Waals surface area contributed by atoms with Crippen molar-refractivity contribution in [2.24, 2.45) is 5.92 Å².